The highest BCUT2D eigenvalue weighted by Gasteiger charge is 2.33. The number of aromatic nitrogens is 1. The van der Waals surface area contributed by atoms with Crippen LogP contribution in [0.5, 0.6) is 5.75 Å². The molecule has 2 heterocycles. The predicted octanol–water partition coefficient (Wildman–Crippen LogP) is 4.79. The number of hydrogen-bond donors (Lipinski definition) is 1. The average Bonchev–Trinajstić information content (AvgIpc) is 3.42. The van der Waals surface area contributed by atoms with E-state index in [1.807, 2.05) is 67.6 Å². The van der Waals surface area contributed by atoms with Gasteiger partial charge in [-0.2, -0.15) is 0 Å². The minimum Gasteiger partial charge on any atom is -0.743 e. The Hall–Kier alpha value is -3.98. The van der Waals surface area contributed by atoms with Crippen LogP contribution in [-0.4, -0.2) is 19.5 Å². The third kappa shape index (κ3) is 4.36. The van der Waals surface area contributed by atoms with Crippen molar-refractivity contribution in [3.8, 4) is 5.75 Å². The van der Waals surface area contributed by atoms with Gasteiger partial charge in [0.1, 0.15) is 0 Å². The first-order valence-electron chi connectivity index (χ1n) is 12.6. The van der Waals surface area contributed by atoms with Crippen molar-refractivity contribution in [2.24, 2.45) is 0 Å². The number of allylic oxidation sites excluding steroid dienone is 2. The van der Waals surface area contributed by atoms with Gasteiger partial charge in [0.2, 0.25) is 11.5 Å². The fraction of sp³-hybridized carbons (Fsp3) is 0.167. The molecule has 7 nitrogen and oxygen atoms in total. The van der Waals surface area contributed by atoms with Crippen LogP contribution in [0.2, 0.25) is 0 Å². The molecule has 1 aromatic heterocycles. The van der Waals surface area contributed by atoms with Gasteiger partial charge in [-0.15, -0.1) is 4.57 Å². The van der Waals surface area contributed by atoms with Gasteiger partial charge in [-0.3, -0.25) is 0 Å². The molecule has 6 rings (SSSR count). The molecule has 4 aromatic carbocycles. The first kappa shape index (κ1) is 24.4. The Bertz CT molecular complexity index is 1890. The molecular formula is C30H27N2O5S+. The summed E-state index contributed by atoms with van der Waals surface area (Å²) in [4.78, 5) is 1.11. The quantitative estimate of drug-likeness (QED) is 0.253. The van der Waals surface area contributed by atoms with Crippen LogP contribution in [0, 0.1) is 0 Å². The van der Waals surface area contributed by atoms with Crippen molar-refractivity contribution in [2.45, 2.75) is 26.1 Å². The van der Waals surface area contributed by atoms with Crippen LogP contribution in [-0.2, 0) is 16.0 Å². The van der Waals surface area contributed by atoms with E-state index in [9.17, 15) is 13.0 Å². The van der Waals surface area contributed by atoms with Gasteiger partial charge in [-0.1, -0.05) is 55.5 Å². The van der Waals surface area contributed by atoms with E-state index in [0.717, 1.165) is 55.9 Å². The zero-order valence-corrected chi connectivity index (χ0v) is 21.9. The van der Waals surface area contributed by atoms with Gasteiger partial charge in [0.15, 0.2) is 21.6 Å². The molecule has 38 heavy (non-hydrogen) atoms. The van der Waals surface area contributed by atoms with E-state index in [1.54, 1.807) is 6.08 Å². The minimum atomic E-state index is -4.57. The highest BCUT2D eigenvalue weighted by Crippen LogP contribution is 2.35. The first-order valence-corrected chi connectivity index (χ1v) is 14.2. The van der Waals surface area contributed by atoms with E-state index in [4.69, 9.17) is 9.15 Å². The van der Waals surface area contributed by atoms with Crippen LogP contribution in [0.15, 0.2) is 94.7 Å². The predicted molar refractivity (Wildman–Crippen MR) is 146 cm³/mol. The maximum Gasteiger partial charge on any atom is 0.375 e. The Morgan fingerprint density at radius 1 is 0.974 bits per heavy atom. The summed E-state index contributed by atoms with van der Waals surface area (Å²) in [7, 11) is -4.57. The summed E-state index contributed by atoms with van der Waals surface area (Å²) in [6, 6.07) is 23.8. The monoisotopic (exact) mass is 527 g/mol. The van der Waals surface area contributed by atoms with E-state index < -0.39 is 16.0 Å². The molecule has 0 saturated carbocycles. The number of quaternary nitrogens is 1. The second kappa shape index (κ2) is 9.40. The van der Waals surface area contributed by atoms with Gasteiger partial charge in [0.25, 0.3) is 5.52 Å². The van der Waals surface area contributed by atoms with E-state index in [0.29, 0.717) is 23.4 Å². The van der Waals surface area contributed by atoms with Crippen LogP contribution in [0.3, 0.4) is 0 Å². The molecule has 1 N–H and O–H groups in total. The van der Waals surface area contributed by atoms with Gasteiger partial charge >= 0.3 is 11.8 Å². The summed E-state index contributed by atoms with van der Waals surface area (Å²) in [5.41, 5.74) is 3.05. The fourth-order valence-electron chi connectivity index (χ4n) is 5.18. The molecule has 8 heteroatoms. The van der Waals surface area contributed by atoms with E-state index in [1.165, 1.54) is 4.57 Å². The molecule has 0 bridgehead atoms. The maximum absolute atomic E-state index is 11.8. The maximum atomic E-state index is 11.8. The lowest BCUT2D eigenvalue weighted by molar-refractivity contribution is -0.792. The normalized spacial score (nSPS) is 17.0. The lowest BCUT2D eigenvalue weighted by Crippen LogP contribution is -3.04. The van der Waals surface area contributed by atoms with Gasteiger partial charge in [-0.05, 0) is 53.3 Å². The number of hydrogen-bond acceptors (Lipinski definition) is 5. The van der Waals surface area contributed by atoms with Crippen molar-refractivity contribution in [1.29, 1.82) is 0 Å². The number of ether oxygens (including phenoxy) is 1. The zero-order valence-electron chi connectivity index (χ0n) is 21.1. The number of nitrogens with one attached hydrogen (secondary N) is 1. The molecule has 192 valence electrons. The zero-order chi connectivity index (χ0) is 26.4. The topological polar surface area (TPSA) is 87.9 Å². The van der Waals surface area contributed by atoms with Gasteiger partial charge in [0.05, 0.1) is 12.6 Å². The molecule has 0 saturated heterocycles. The number of benzene rings is 4. The Morgan fingerprint density at radius 3 is 2.39 bits per heavy atom. The molecule has 0 fully saturated rings. The number of nitrogens with zero attached hydrogens (tertiary/aromatic N) is 1. The smallest absolute Gasteiger partial charge is 0.375 e. The second-order valence-corrected chi connectivity index (χ2v) is 10.8. The third-order valence-corrected chi connectivity index (χ3v) is 7.56. The van der Waals surface area contributed by atoms with E-state index in [-0.39, 0.29) is 0 Å². The van der Waals surface area contributed by atoms with Crippen LogP contribution in [0.1, 0.15) is 26.2 Å². The summed E-state index contributed by atoms with van der Waals surface area (Å²) < 4.78 is 49.4. The van der Waals surface area contributed by atoms with Crippen LogP contribution in [0.25, 0.3) is 38.7 Å². The molecule has 0 spiro atoms. The van der Waals surface area contributed by atoms with Gasteiger partial charge in [0, 0.05) is 17.5 Å². The third-order valence-electron chi connectivity index (χ3n) is 6.98. The van der Waals surface area contributed by atoms with Crippen molar-refractivity contribution in [3.05, 3.63) is 96.2 Å². The molecule has 0 radical (unpaired) electrons. The molecule has 1 aliphatic rings. The van der Waals surface area contributed by atoms with Crippen molar-refractivity contribution in [3.63, 3.8) is 0 Å². The van der Waals surface area contributed by atoms with Crippen molar-refractivity contribution >= 4 is 54.5 Å². The molecule has 0 amide bonds. The summed E-state index contributed by atoms with van der Waals surface area (Å²) >= 11 is 0. The van der Waals surface area contributed by atoms with E-state index in [2.05, 4.69) is 25.1 Å². The van der Waals surface area contributed by atoms with Crippen LogP contribution in [0.4, 0.5) is 5.69 Å². The fourth-order valence-corrected chi connectivity index (χ4v) is 5.76. The number of rotatable bonds is 6. The van der Waals surface area contributed by atoms with Gasteiger partial charge < -0.3 is 13.7 Å². The largest absolute Gasteiger partial charge is 0.743 e. The molecule has 1 atom stereocenters. The number of oxazole rings is 1. The minimum absolute atomic E-state index is 0.294. The Labute approximate surface area is 220 Å². The standard InChI is InChI=1S/C30H26N2O5S/c1-3-20(15-28-31(4-2)30-24-12-8-7-9-21(24)13-14-26(30)36-28)16-29-32(19-38(33,34)35)25-17-22-10-5-6-11-23(22)18-27(25)37-29/h5-18H,3-4,19H2,1-2H3/p+1. The first-order chi connectivity index (χ1) is 18.3. The van der Waals surface area contributed by atoms with E-state index >= 15 is 0 Å². The Balaban J connectivity index is 1.47. The molecule has 0 aliphatic carbocycles. The van der Waals surface area contributed by atoms with Crippen LogP contribution < -0.4 is 14.2 Å². The van der Waals surface area contributed by atoms with Gasteiger partial charge in [-0.25, -0.2) is 13.3 Å². The SMILES string of the molecule is CCC(=Cc1oc2cc3ccccc3cc2[n+]1CS(=O)(=O)[O-])C=C1Oc2ccc3ccccc3c2[NH+]1CC. The molecular weight excluding hydrogens is 500 g/mol. The lowest BCUT2D eigenvalue weighted by atomic mass is 10.1. The van der Waals surface area contributed by atoms with Crippen molar-refractivity contribution < 1.29 is 31.6 Å². The lowest BCUT2D eigenvalue weighted by Gasteiger charge is -2.11. The molecule has 1 unspecified atom stereocenters. The van der Waals surface area contributed by atoms with Crippen molar-refractivity contribution in [1.82, 2.24) is 0 Å². The summed E-state index contributed by atoms with van der Waals surface area (Å²) in [6.07, 6.45) is 4.41. The van der Waals surface area contributed by atoms with Crippen molar-refractivity contribution in [2.75, 3.05) is 6.54 Å². The highest BCUT2D eigenvalue weighted by molar-refractivity contribution is 7.84. The Morgan fingerprint density at radius 2 is 1.68 bits per heavy atom. The Kier molecular flexibility index (Phi) is 6.03. The van der Waals surface area contributed by atoms with Crippen LogP contribution >= 0.6 is 0 Å². The highest BCUT2D eigenvalue weighted by atomic mass is 32.2. The average molecular weight is 528 g/mol. The summed E-state index contributed by atoms with van der Waals surface area (Å²) in [5.74, 6) is 1.15. The second-order valence-electron chi connectivity index (χ2n) is 9.40. The molecule has 1 aliphatic heterocycles. The number of fused-ring (bicyclic) bond motifs is 5. The molecule has 5 aromatic rings. The summed E-state index contributed by atoms with van der Waals surface area (Å²) in [6.45, 7) is 4.91. The summed E-state index contributed by atoms with van der Waals surface area (Å²) in [5, 5.41) is 4.20.